The van der Waals surface area contributed by atoms with Gasteiger partial charge in [-0.05, 0) is 6.42 Å². The second-order valence-electron chi connectivity index (χ2n) is 3.92. The zero-order chi connectivity index (χ0) is 9.52. The van der Waals surface area contributed by atoms with Crippen LogP contribution in [0.15, 0.2) is 0 Å². The molecule has 0 saturated carbocycles. The van der Waals surface area contributed by atoms with E-state index in [1.807, 2.05) is 0 Å². The summed E-state index contributed by atoms with van der Waals surface area (Å²) in [6, 6.07) is 0. The molecule has 2 unspecified atom stereocenters. The highest BCUT2D eigenvalue weighted by atomic mass is 79.9. The number of hydrogen-bond acceptors (Lipinski definition) is 1. The van der Waals surface area contributed by atoms with Crippen LogP contribution in [0.25, 0.3) is 0 Å². The third-order valence-corrected chi connectivity index (χ3v) is 3.32. The number of epoxide rings is 1. The largest absolute Gasteiger partial charge is 0.369 e. The first-order chi connectivity index (χ1) is 6.38. The highest BCUT2D eigenvalue weighted by Gasteiger charge is 2.36. The minimum atomic E-state index is 0.538. The summed E-state index contributed by atoms with van der Waals surface area (Å²) in [5, 5.41) is 1.02. The predicted molar refractivity (Wildman–Crippen MR) is 60.4 cm³/mol. The van der Waals surface area contributed by atoms with Crippen LogP contribution < -0.4 is 0 Å². The van der Waals surface area contributed by atoms with Gasteiger partial charge in [0, 0.05) is 5.33 Å². The Labute approximate surface area is 90.4 Å². The summed E-state index contributed by atoms with van der Waals surface area (Å²) in [6.07, 6.45) is 10.8. The number of hydrogen-bond donors (Lipinski definition) is 0. The van der Waals surface area contributed by atoms with Crippen molar-refractivity contribution in [2.24, 2.45) is 0 Å². The van der Waals surface area contributed by atoms with E-state index < -0.39 is 0 Å². The first-order valence-corrected chi connectivity index (χ1v) is 6.72. The smallest absolute Gasteiger partial charge is 0.0938 e. The summed E-state index contributed by atoms with van der Waals surface area (Å²) < 4.78 is 5.45. The van der Waals surface area contributed by atoms with Crippen LogP contribution in [0.1, 0.15) is 51.9 Å². The number of halogens is 1. The van der Waals surface area contributed by atoms with Gasteiger partial charge in [0.1, 0.15) is 0 Å². The van der Waals surface area contributed by atoms with Crippen LogP contribution in [0.4, 0.5) is 0 Å². The maximum atomic E-state index is 5.45. The van der Waals surface area contributed by atoms with E-state index in [0.717, 1.165) is 5.33 Å². The summed E-state index contributed by atoms with van der Waals surface area (Å²) in [4.78, 5) is 0. The number of alkyl halides is 1. The maximum absolute atomic E-state index is 5.45. The molecule has 1 aliphatic rings. The van der Waals surface area contributed by atoms with Crippen molar-refractivity contribution in [1.29, 1.82) is 0 Å². The molecular formula is C11H21BrO. The van der Waals surface area contributed by atoms with Gasteiger partial charge < -0.3 is 4.74 Å². The Hall–Kier alpha value is 0.440. The van der Waals surface area contributed by atoms with E-state index in [1.54, 1.807) is 0 Å². The van der Waals surface area contributed by atoms with Crippen molar-refractivity contribution >= 4 is 15.9 Å². The summed E-state index contributed by atoms with van der Waals surface area (Å²) in [5.41, 5.74) is 0. The molecule has 0 radical (unpaired) electrons. The van der Waals surface area contributed by atoms with Crippen LogP contribution in [0.3, 0.4) is 0 Å². The van der Waals surface area contributed by atoms with Gasteiger partial charge in [0.2, 0.25) is 0 Å². The topological polar surface area (TPSA) is 12.5 Å². The average molecular weight is 249 g/mol. The van der Waals surface area contributed by atoms with Crippen molar-refractivity contribution in [2.75, 3.05) is 5.33 Å². The summed E-state index contributed by atoms with van der Waals surface area (Å²) in [6.45, 7) is 2.26. The second-order valence-corrected chi connectivity index (χ2v) is 4.57. The number of rotatable bonds is 8. The zero-order valence-electron chi connectivity index (χ0n) is 8.60. The van der Waals surface area contributed by atoms with Crippen molar-refractivity contribution in [2.45, 2.75) is 64.1 Å². The number of ether oxygens (including phenoxy) is 1. The van der Waals surface area contributed by atoms with Gasteiger partial charge in [0.05, 0.1) is 12.2 Å². The minimum absolute atomic E-state index is 0.538. The van der Waals surface area contributed by atoms with Crippen molar-refractivity contribution in [1.82, 2.24) is 0 Å². The van der Waals surface area contributed by atoms with E-state index >= 15 is 0 Å². The molecule has 0 N–H and O–H groups in total. The van der Waals surface area contributed by atoms with E-state index in [-0.39, 0.29) is 0 Å². The molecule has 0 aromatic heterocycles. The fraction of sp³-hybridized carbons (Fsp3) is 1.00. The fourth-order valence-corrected chi connectivity index (χ4v) is 2.26. The predicted octanol–water partition coefficient (Wildman–Crippen LogP) is 3.90. The molecule has 2 atom stereocenters. The standard InChI is InChI=1S/C11H21BrO/c1-2-3-4-5-6-7-8-10-11(9-12)13-10/h10-11H,2-9H2,1H3. The SMILES string of the molecule is CCCCCCCCC1OC1CBr. The van der Waals surface area contributed by atoms with Crippen molar-refractivity contribution in [3.8, 4) is 0 Å². The summed E-state index contributed by atoms with van der Waals surface area (Å²) >= 11 is 3.43. The molecule has 0 aliphatic carbocycles. The highest BCUT2D eigenvalue weighted by molar-refractivity contribution is 9.09. The molecule has 0 spiro atoms. The fourth-order valence-electron chi connectivity index (χ4n) is 1.69. The molecule has 13 heavy (non-hydrogen) atoms. The van der Waals surface area contributed by atoms with Gasteiger partial charge in [-0.3, -0.25) is 0 Å². The molecule has 78 valence electrons. The third-order valence-electron chi connectivity index (χ3n) is 2.68. The molecule has 1 nitrogen and oxygen atoms in total. The van der Waals surface area contributed by atoms with E-state index in [4.69, 9.17) is 4.74 Å². The Morgan fingerprint density at radius 3 is 2.31 bits per heavy atom. The molecular weight excluding hydrogens is 228 g/mol. The Kier molecular flexibility index (Phi) is 6.05. The Morgan fingerprint density at radius 1 is 1.00 bits per heavy atom. The summed E-state index contributed by atoms with van der Waals surface area (Å²) in [7, 11) is 0. The Balaban J connectivity index is 1.75. The molecule has 0 amide bonds. The minimum Gasteiger partial charge on any atom is -0.369 e. The second kappa shape index (κ2) is 6.83. The highest BCUT2D eigenvalue weighted by Crippen LogP contribution is 2.28. The first kappa shape index (κ1) is 11.5. The summed E-state index contributed by atoms with van der Waals surface area (Å²) in [5.74, 6) is 0. The van der Waals surface area contributed by atoms with E-state index in [1.165, 1.54) is 44.9 Å². The van der Waals surface area contributed by atoms with E-state index in [9.17, 15) is 0 Å². The molecule has 2 heteroatoms. The van der Waals surface area contributed by atoms with Crippen LogP contribution in [0.5, 0.6) is 0 Å². The van der Waals surface area contributed by atoms with Crippen LogP contribution >= 0.6 is 15.9 Å². The van der Waals surface area contributed by atoms with Gasteiger partial charge >= 0.3 is 0 Å². The van der Waals surface area contributed by atoms with Crippen molar-refractivity contribution in [3.63, 3.8) is 0 Å². The molecule has 1 aliphatic heterocycles. The van der Waals surface area contributed by atoms with E-state index in [0.29, 0.717) is 12.2 Å². The van der Waals surface area contributed by atoms with Crippen LogP contribution in [-0.4, -0.2) is 17.5 Å². The van der Waals surface area contributed by atoms with Crippen LogP contribution in [-0.2, 0) is 4.74 Å². The monoisotopic (exact) mass is 248 g/mol. The number of unbranched alkanes of at least 4 members (excludes halogenated alkanes) is 5. The average Bonchev–Trinajstić information content (AvgIpc) is 2.90. The van der Waals surface area contributed by atoms with Crippen LogP contribution in [0.2, 0.25) is 0 Å². The molecule has 0 aromatic rings. The first-order valence-electron chi connectivity index (χ1n) is 5.60. The lowest BCUT2D eigenvalue weighted by Crippen LogP contribution is -1.94. The molecule has 0 aromatic carbocycles. The third kappa shape index (κ3) is 5.02. The van der Waals surface area contributed by atoms with Gasteiger partial charge in [-0.15, -0.1) is 0 Å². The normalized spacial score (nSPS) is 26.3. The maximum Gasteiger partial charge on any atom is 0.0938 e. The van der Waals surface area contributed by atoms with Crippen LogP contribution in [0, 0.1) is 0 Å². The quantitative estimate of drug-likeness (QED) is 0.361. The lowest BCUT2D eigenvalue weighted by molar-refractivity contribution is 0.366. The zero-order valence-corrected chi connectivity index (χ0v) is 10.2. The van der Waals surface area contributed by atoms with Gasteiger partial charge in [0.25, 0.3) is 0 Å². The van der Waals surface area contributed by atoms with Crippen molar-refractivity contribution in [3.05, 3.63) is 0 Å². The Bertz CT molecular complexity index is 127. The molecule has 1 saturated heterocycles. The molecule has 1 rings (SSSR count). The molecule has 1 fully saturated rings. The van der Waals surface area contributed by atoms with Crippen molar-refractivity contribution < 1.29 is 4.74 Å². The Morgan fingerprint density at radius 2 is 1.69 bits per heavy atom. The van der Waals surface area contributed by atoms with Gasteiger partial charge in [0.15, 0.2) is 0 Å². The van der Waals surface area contributed by atoms with Gasteiger partial charge in [-0.25, -0.2) is 0 Å². The lowest BCUT2D eigenvalue weighted by atomic mass is 10.1. The lowest BCUT2D eigenvalue weighted by Gasteiger charge is -1.98. The van der Waals surface area contributed by atoms with Gasteiger partial charge in [-0.1, -0.05) is 61.4 Å². The molecule has 0 bridgehead atoms. The van der Waals surface area contributed by atoms with E-state index in [2.05, 4.69) is 22.9 Å². The molecule has 1 heterocycles. The van der Waals surface area contributed by atoms with Gasteiger partial charge in [-0.2, -0.15) is 0 Å².